The molecule has 0 spiro atoms. The highest BCUT2D eigenvalue weighted by Gasteiger charge is 2.32. The lowest BCUT2D eigenvalue weighted by molar-refractivity contribution is 0.0580. The van der Waals surface area contributed by atoms with Crippen molar-refractivity contribution in [3.8, 4) is 0 Å². The molecule has 2 N–H and O–H groups in total. The number of hydrogen-bond acceptors (Lipinski definition) is 3. The SMILES string of the molecule is CN(C(=O)c1cc(Br)ccc1I)[C@@H]1CNC[C@H]1O. The molecular weight excluding hydrogens is 411 g/mol. The Morgan fingerprint density at radius 2 is 2.28 bits per heavy atom. The number of benzene rings is 1. The van der Waals surface area contributed by atoms with E-state index in [9.17, 15) is 9.90 Å². The molecule has 0 saturated carbocycles. The molecule has 2 atom stereocenters. The number of halogens is 2. The summed E-state index contributed by atoms with van der Waals surface area (Å²) >= 11 is 5.52. The number of likely N-dealkylation sites (N-methyl/N-ethyl adjacent to an activating group) is 1. The quantitative estimate of drug-likeness (QED) is 0.706. The van der Waals surface area contributed by atoms with E-state index in [1.807, 2.05) is 18.2 Å². The van der Waals surface area contributed by atoms with Crippen LogP contribution in [-0.2, 0) is 0 Å². The van der Waals surface area contributed by atoms with Crippen molar-refractivity contribution in [2.75, 3.05) is 20.1 Å². The van der Waals surface area contributed by atoms with E-state index in [1.165, 1.54) is 0 Å². The summed E-state index contributed by atoms with van der Waals surface area (Å²) in [5.74, 6) is -0.0616. The zero-order valence-corrected chi connectivity index (χ0v) is 13.6. The maximum Gasteiger partial charge on any atom is 0.255 e. The Morgan fingerprint density at radius 1 is 1.56 bits per heavy atom. The Balaban J connectivity index is 2.22. The molecule has 0 unspecified atom stereocenters. The molecule has 2 rings (SSSR count). The van der Waals surface area contributed by atoms with Gasteiger partial charge < -0.3 is 15.3 Å². The Labute approximate surface area is 128 Å². The summed E-state index contributed by atoms with van der Waals surface area (Å²) in [6.45, 7) is 1.17. The summed E-state index contributed by atoms with van der Waals surface area (Å²) in [5, 5.41) is 12.9. The monoisotopic (exact) mass is 424 g/mol. The van der Waals surface area contributed by atoms with Crippen LogP contribution in [0.1, 0.15) is 10.4 Å². The summed E-state index contributed by atoms with van der Waals surface area (Å²) in [7, 11) is 1.74. The van der Waals surface area contributed by atoms with E-state index in [1.54, 1.807) is 11.9 Å². The molecule has 1 saturated heterocycles. The molecule has 0 aliphatic carbocycles. The first-order valence-corrected chi connectivity index (χ1v) is 7.49. The van der Waals surface area contributed by atoms with E-state index in [2.05, 4.69) is 43.8 Å². The van der Waals surface area contributed by atoms with Gasteiger partial charge in [0, 0.05) is 28.2 Å². The van der Waals surface area contributed by atoms with Crippen molar-refractivity contribution >= 4 is 44.4 Å². The van der Waals surface area contributed by atoms with E-state index < -0.39 is 6.10 Å². The second kappa shape index (κ2) is 5.85. The summed E-state index contributed by atoms with van der Waals surface area (Å²) in [5.41, 5.74) is 0.659. The molecule has 1 aliphatic rings. The molecule has 1 fully saturated rings. The lowest BCUT2D eigenvalue weighted by Crippen LogP contribution is -2.44. The summed E-state index contributed by atoms with van der Waals surface area (Å²) in [4.78, 5) is 14.0. The van der Waals surface area contributed by atoms with Crippen molar-refractivity contribution < 1.29 is 9.90 Å². The third-order valence-corrected chi connectivity index (χ3v) is 4.56. The highest BCUT2D eigenvalue weighted by atomic mass is 127. The lowest BCUT2D eigenvalue weighted by atomic mass is 10.1. The second-order valence-electron chi connectivity index (χ2n) is 4.33. The number of rotatable bonds is 2. The highest BCUT2D eigenvalue weighted by Crippen LogP contribution is 2.21. The van der Waals surface area contributed by atoms with Crippen LogP contribution in [0.2, 0.25) is 0 Å². The van der Waals surface area contributed by atoms with Gasteiger partial charge in [0.05, 0.1) is 17.7 Å². The zero-order valence-electron chi connectivity index (χ0n) is 9.86. The van der Waals surface area contributed by atoms with Crippen LogP contribution in [0.4, 0.5) is 0 Å². The highest BCUT2D eigenvalue weighted by molar-refractivity contribution is 14.1. The van der Waals surface area contributed by atoms with E-state index in [-0.39, 0.29) is 11.9 Å². The molecular formula is C12H14BrIN2O2. The van der Waals surface area contributed by atoms with Gasteiger partial charge in [0.1, 0.15) is 0 Å². The minimum absolute atomic E-state index is 0.0616. The van der Waals surface area contributed by atoms with Gasteiger partial charge in [-0.3, -0.25) is 4.79 Å². The van der Waals surface area contributed by atoms with Crippen molar-refractivity contribution in [2.45, 2.75) is 12.1 Å². The van der Waals surface area contributed by atoms with Crippen LogP contribution >= 0.6 is 38.5 Å². The zero-order chi connectivity index (χ0) is 13.3. The first-order chi connectivity index (χ1) is 8.50. The van der Waals surface area contributed by atoms with Gasteiger partial charge in [-0.05, 0) is 40.8 Å². The van der Waals surface area contributed by atoms with Crippen LogP contribution in [0.15, 0.2) is 22.7 Å². The van der Waals surface area contributed by atoms with Crippen LogP contribution in [-0.4, -0.2) is 48.2 Å². The summed E-state index contributed by atoms with van der Waals surface area (Å²) < 4.78 is 1.79. The molecule has 4 nitrogen and oxygen atoms in total. The molecule has 0 aromatic heterocycles. The maximum atomic E-state index is 12.4. The number of hydrogen-bond donors (Lipinski definition) is 2. The molecule has 0 bridgehead atoms. The van der Waals surface area contributed by atoms with Gasteiger partial charge in [0.15, 0.2) is 0 Å². The molecule has 1 aliphatic heterocycles. The van der Waals surface area contributed by atoms with Crippen molar-refractivity contribution in [1.29, 1.82) is 0 Å². The Kier molecular flexibility index (Phi) is 4.63. The number of carbonyl (C=O) groups excluding carboxylic acids is 1. The first kappa shape index (κ1) is 14.2. The average molecular weight is 425 g/mol. The van der Waals surface area contributed by atoms with Crippen LogP contribution in [0.5, 0.6) is 0 Å². The van der Waals surface area contributed by atoms with E-state index >= 15 is 0 Å². The number of nitrogens with zero attached hydrogens (tertiary/aromatic N) is 1. The van der Waals surface area contributed by atoms with Crippen molar-refractivity contribution in [1.82, 2.24) is 10.2 Å². The number of nitrogens with one attached hydrogen (secondary N) is 1. The average Bonchev–Trinajstić information content (AvgIpc) is 2.77. The topological polar surface area (TPSA) is 52.6 Å². The number of aliphatic hydroxyl groups is 1. The first-order valence-electron chi connectivity index (χ1n) is 5.61. The fourth-order valence-corrected chi connectivity index (χ4v) is 2.98. The number of amides is 1. The molecule has 1 heterocycles. The lowest BCUT2D eigenvalue weighted by Gasteiger charge is -2.26. The standard InChI is InChI=1S/C12H14BrIN2O2/c1-16(10-5-15-6-11(10)17)12(18)8-4-7(13)2-3-9(8)14/h2-4,10-11,15,17H,5-6H2,1H3/t10-,11-/m1/s1. The molecule has 1 aromatic rings. The summed E-state index contributed by atoms with van der Waals surface area (Å²) in [6, 6.07) is 5.46. The minimum Gasteiger partial charge on any atom is -0.390 e. The van der Waals surface area contributed by atoms with Crippen LogP contribution in [0.25, 0.3) is 0 Å². The molecule has 1 aromatic carbocycles. The van der Waals surface area contributed by atoms with Gasteiger partial charge in [0.2, 0.25) is 0 Å². The smallest absolute Gasteiger partial charge is 0.255 e. The van der Waals surface area contributed by atoms with Gasteiger partial charge >= 0.3 is 0 Å². The Hall–Kier alpha value is -0.180. The van der Waals surface area contributed by atoms with Crippen molar-refractivity contribution in [3.05, 3.63) is 31.8 Å². The predicted molar refractivity (Wildman–Crippen MR) is 81.6 cm³/mol. The Morgan fingerprint density at radius 3 is 2.89 bits per heavy atom. The number of β-amino-alcohol motifs (C(OH)–C–C–N with tert-alkyl or cyclic N) is 1. The molecule has 6 heteroatoms. The third kappa shape index (κ3) is 2.87. The fraction of sp³-hybridized carbons (Fsp3) is 0.417. The molecule has 18 heavy (non-hydrogen) atoms. The van der Waals surface area contributed by atoms with Gasteiger partial charge in [0.25, 0.3) is 5.91 Å². The summed E-state index contributed by atoms with van der Waals surface area (Å²) in [6.07, 6.45) is -0.497. The largest absolute Gasteiger partial charge is 0.390 e. The third-order valence-electron chi connectivity index (χ3n) is 3.13. The normalized spacial score (nSPS) is 23.1. The van der Waals surface area contributed by atoms with Gasteiger partial charge in [-0.15, -0.1) is 0 Å². The predicted octanol–water partition coefficient (Wildman–Crippen LogP) is 1.46. The number of aliphatic hydroxyl groups excluding tert-OH is 1. The van der Waals surface area contributed by atoms with Crippen LogP contribution in [0.3, 0.4) is 0 Å². The molecule has 98 valence electrons. The van der Waals surface area contributed by atoms with Gasteiger partial charge in [-0.1, -0.05) is 15.9 Å². The fourth-order valence-electron chi connectivity index (χ4n) is 2.05. The van der Waals surface area contributed by atoms with Crippen molar-refractivity contribution in [3.63, 3.8) is 0 Å². The van der Waals surface area contributed by atoms with Crippen LogP contribution < -0.4 is 5.32 Å². The molecule has 0 radical (unpaired) electrons. The number of carbonyl (C=O) groups is 1. The maximum absolute atomic E-state index is 12.4. The van der Waals surface area contributed by atoms with E-state index in [0.717, 1.165) is 8.04 Å². The van der Waals surface area contributed by atoms with Crippen molar-refractivity contribution in [2.24, 2.45) is 0 Å². The second-order valence-corrected chi connectivity index (χ2v) is 6.41. The Bertz CT molecular complexity index is 469. The molecule has 1 amide bonds. The van der Waals surface area contributed by atoms with Gasteiger partial charge in [-0.25, -0.2) is 0 Å². The van der Waals surface area contributed by atoms with E-state index in [0.29, 0.717) is 18.7 Å². The van der Waals surface area contributed by atoms with E-state index in [4.69, 9.17) is 0 Å². The van der Waals surface area contributed by atoms with Crippen LogP contribution in [0, 0.1) is 3.57 Å². The minimum atomic E-state index is -0.497. The van der Waals surface area contributed by atoms with Gasteiger partial charge in [-0.2, -0.15) is 0 Å².